The average molecular weight is 1630 g/mol. The van der Waals surface area contributed by atoms with Crippen LogP contribution in [-0.4, -0.2) is 226 Å². The van der Waals surface area contributed by atoms with Gasteiger partial charge in [-0.2, -0.15) is 0 Å². The molecule has 4 saturated heterocycles. The SMILES string of the molecule is CC(=O)c1ccc2c(c1)CCN2.CC(=O)c1ccc2c(c1)CCN2C(=O)c1ccccc1.O.O=C(Cl)c1ccccc1.O=C(O)c1ccc2c(c1)CCN2C(=O)c1ccccc1.O=C(c1ccc2c(c1)CCN2C(=O)c1ccccc1)N1CC(N2CCN(C(=O)c3nccs3)CC2)C1.O=C(c1nccs1)N1CCN(C2CNC2)CC1.[Li+].[OH-]. The normalized spacial score (nSPS) is 15.4. The predicted molar refractivity (Wildman–Crippen MR) is 448 cm³/mol. The molecule has 29 heteroatoms. The van der Waals surface area contributed by atoms with E-state index in [9.17, 15) is 47.9 Å². The van der Waals surface area contributed by atoms with E-state index in [1.165, 1.54) is 40.0 Å². The molecule has 4 fully saturated rings. The number of aromatic carboxylic acids is 1. The van der Waals surface area contributed by atoms with Crippen molar-refractivity contribution in [2.45, 2.75) is 51.6 Å². The fourth-order valence-corrected chi connectivity index (χ4v) is 16.0. The number of ketones is 2. The molecule has 8 aliphatic heterocycles. The van der Waals surface area contributed by atoms with E-state index in [4.69, 9.17) is 16.7 Å². The first-order valence-electron chi connectivity index (χ1n) is 38.1. The van der Waals surface area contributed by atoms with E-state index in [0.717, 1.165) is 117 Å². The van der Waals surface area contributed by atoms with Crippen LogP contribution in [0.4, 0.5) is 22.7 Å². The molecule has 8 aromatic carbocycles. The van der Waals surface area contributed by atoms with E-state index in [2.05, 4.69) is 30.4 Å². The molecule has 0 unspecified atom stereocenters. The number of fused-ring (bicyclic) bond motifs is 4. The molecular formula is C88H90ClLiN12O13S2. The summed E-state index contributed by atoms with van der Waals surface area (Å²) in [6, 6.07) is 59.4. The predicted octanol–water partition coefficient (Wildman–Crippen LogP) is 8.11. The van der Waals surface area contributed by atoms with Gasteiger partial charge in [0.2, 0.25) is 0 Å². The topological polar surface area (TPSA) is 328 Å². The van der Waals surface area contributed by atoms with Crippen LogP contribution in [-0.2, 0) is 25.7 Å². The second kappa shape index (κ2) is 41.6. The number of aromatic nitrogens is 2. The zero-order valence-electron chi connectivity index (χ0n) is 65.2. The van der Waals surface area contributed by atoms with Gasteiger partial charge in [-0.05, 0) is 183 Å². The van der Waals surface area contributed by atoms with Crippen LogP contribution < -0.4 is 44.2 Å². The molecule has 600 valence electrons. The third-order valence-electron chi connectivity index (χ3n) is 21.2. The van der Waals surface area contributed by atoms with Crippen molar-refractivity contribution in [3.8, 4) is 0 Å². The summed E-state index contributed by atoms with van der Waals surface area (Å²) >= 11 is 7.96. The summed E-state index contributed by atoms with van der Waals surface area (Å²) in [4.78, 5) is 143. The molecule has 0 saturated carbocycles. The Hall–Kier alpha value is -11.2. The van der Waals surface area contributed by atoms with Gasteiger partial charge in [0.05, 0.1) is 5.56 Å². The maximum atomic E-state index is 13.1. The summed E-state index contributed by atoms with van der Waals surface area (Å²) in [6.07, 6.45) is 6.63. The number of carboxylic acids is 1. The van der Waals surface area contributed by atoms with Gasteiger partial charge in [-0.3, -0.25) is 53.0 Å². The molecule has 10 aromatic rings. The number of hydrogen-bond donors (Lipinski definition) is 3. The molecule has 0 aliphatic carbocycles. The maximum absolute atomic E-state index is 13.1. The van der Waals surface area contributed by atoms with Crippen LogP contribution in [0.15, 0.2) is 217 Å². The zero-order chi connectivity index (χ0) is 79.8. The summed E-state index contributed by atoms with van der Waals surface area (Å²) in [5.41, 5.74) is 13.1. The Labute approximate surface area is 703 Å². The number of thiazole rings is 2. The molecule has 10 heterocycles. The van der Waals surface area contributed by atoms with E-state index in [0.29, 0.717) is 108 Å². The van der Waals surface area contributed by atoms with Crippen LogP contribution in [0.25, 0.3) is 0 Å². The van der Waals surface area contributed by atoms with Gasteiger partial charge in [-0.1, -0.05) is 84.9 Å². The largest absolute Gasteiger partial charge is 1.00 e. The van der Waals surface area contributed by atoms with Crippen molar-refractivity contribution in [1.29, 1.82) is 0 Å². The maximum Gasteiger partial charge on any atom is 1.00 e. The zero-order valence-corrected chi connectivity index (χ0v) is 67.6. The molecule has 117 heavy (non-hydrogen) atoms. The molecule has 0 radical (unpaired) electrons. The molecule has 2 aromatic heterocycles. The number of carboxylic acid groups (broad SMARTS) is 1. The Kier molecular flexibility index (Phi) is 31.3. The Balaban J connectivity index is 0.000000155. The van der Waals surface area contributed by atoms with Crippen molar-refractivity contribution in [2.24, 2.45) is 0 Å². The number of rotatable bonds is 12. The minimum absolute atomic E-state index is 0. The van der Waals surface area contributed by atoms with Gasteiger partial charge < -0.3 is 56.1 Å². The molecule has 6 amide bonds. The standard InChI is InChI=1S/C27H27N5O3S.C17H15NO2.C16H13NO3.C11H16N4OS.C10H11NO.C7H5ClO.Li.2H2O/c33-25(21-6-7-23-20(16-21)8-10-32(23)26(34)19-4-2-1-3-5-19)31-17-22(18-31)29-11-13-30(14-12-29)27(35)24-28-9-15-36-24;1-12(19)14-7-8-16-15(11-14)9-10-18(16)17(20)13-5-3-2-4-6-13;18-15(11-4-2-1-3-5-11)17-9-8-12-10-13(16(19)20)6-7-14(12)17;16-11(10-13-1-6-17-10)15-4-2-14(3-5-15)9-7-12-8-9;1-7(12)8-2-3-10-9(6-8)4-5-11-10;8-7(9)6-4-2-1-3-5-6;;;/h1-7,9,15-16,22H,8,10-14,17-18H2;2-8,11H,9-10H2,1H3;1-7,10H,8-9H2,(H,19,20);1,6,9,12H,2-5,7-8H2;2-3,6,11H,4-5H2,1H3;1-5H;;2*1H2/q;;;;;;+1;;/p-1. The van der Waals surface area contributed by atoms with Crippen LogP contribution in [0.2, 0.25) is 0 Å². The fraction of sp³-hybridized carbons (Fsp3) is 0.273. The monoisotopic (exact) mass is 1630 g/mol. The third kappa shape index (κ3) is 21.7. The number of piperazine rings is 2. The number of Topliss-reactive ketones (excluding diaryl/α,β-unsaturated/α-hetero) is 2. The van der Waals surface area contributed by atoms with Crippen LogP contribution in [0, 0.1) is 0 Å². The Bertz CT molecular complexity index is 5010. The van der Waals surface area contributed by atoms with Gasteiger partial charge in [0.15, 0.2) is 21.6 Å². The summed E-state index contributed by atoms with van der Waals surface area (Å²) in [6.45, 7) is 16.3. The molecule has 25 nitrogen and oxygen atoms in total. The molecular weight excluding hydrogens is 1540 g/mol. The number of anilines is 4. The van der Waals surface area contributed by atoms with E-state index < -0.39 is 11.2 Å². The smallest absolute Gasteiger partial charge is 0.870 e. The van der Waals surface area contributed by atoms with Gasteiger partial charge in [-0.25, -0.2) is 14.8 Å². The second-order valence-electron chi connectivity index (χ2n) is 28.4. The van der Waals surface area contributed by atoms with Crippen LogP contribution in [0.5, 0.6) is 0 Å². The molecule has 0 atom stereocenters. The molecule has 18 rings (SSSR count). The van der Waals surface area contributed by atoms with E-state index in [-0.39, 0.29) is 82.4 Å². The van der Waals surface area contributed by atoms with Crippen molar-refractivity contribution >= 4 is 115 Å². The third-order valence-corrected chi connectivity index (χ3v) is 23.0. The van der Waals surface area contributed by atoms with Gasteiger partial charge >= 0.3 is 24.8 Å². The van der Waals surface area contributed by atoms with Crippen molar-refractivity contribution in [3.05, 3.63) is 294 Å². The van der Waals surface area contributed by atoms with Crippen molar-refractivity contribution in [2.75, 3.05) is 125 Å². The number of carbonyl (C=O) groups excluding carboxylic acids is 9. The first-order chi connectivity index (χ1) is 55.3. The number of benzene rings is 8. The van der Waals surface area contributed by atoms with Crippen LogP contribution >= 0.6 is 34.3 Å². The number of halogens is 1. The number of carbonyl (C=O) groups is 10. The van der Waals surface area contributed by atoms with E-state index >= 15 is 0 Å². The van der Waals surface area contributed by atoms with Gasteiger partial charge in [0.1, 0.15) is 0 Å². The minimum atomic E-state index is -0.944. The first kappa shape index (κ1) is 88.2. The summed E-state index contributed by atoms with van der Waals surface area (Å²) in [7, 11) is 0. The molecule has 0 spiro atoms. The minimum Gasteiger partial charge on any atom is -0.870 e. The number of nitrogens with one attached hydrogen (secondary N) is 2. The Morgan fingerprint density at radius 1 is 0.402 bits per heavy atom. The fourth-order valence-electron chi connectivity index (χ4n) is 14.7. The van der Waals surface area contributed by atoms with Crippen molar-refractivity contribution < 1.29 is 82.9 Å². The van der Waals surface area contributed by atoms with Gasteiger partial charge in [0.25, 0.3) is 40.7 Å². The quantitative estimate of drug-likeness (QED) is 0.0590. The van der Waals surface area contributed by atoms with Gasteiger partial charge in [0, 0.05) is 202 Å². The number of nitrogens with zero attached hydrogens (tertiary/aromatic N) is 10. The van der Waals surface area contributed by atoms with Crippen molar-refractivity contribution in [1.82, 2.24) is 39.8 Å². The van der Waals surface area contributed by atoms with Gasteiger partial charge in [-0.15, -0.1) is 22.7 Å². The summed E-state index contributed by atoms with van der Waals surface area (Å²) in [5, 5.41) is 20.0. The second-order valence-corrected chi connectivity index (χ2v) is 30.5. The Morgan fingerprint density at radius 2 is 0.769 bits per heavy atom. The van der Waals surface area contributed by atoms with E-state index in [1.54, 1.807) is 95.5 Å². The number of likely N-dealkylation sites (tertiary alicyclic amines) is 1. The number of amides is 6. The average Bonchev–Trinajstić information content (AvgIpc) is 1.55. The molecule has 0 bridgehead atoms. The van der Waals surface area contributed by atoms with Crippen LogP contribution in [0.3, 0.4) is 0 Å². The molecule has 6 N–H and O–H groups in total. The Morgan fingerprint density at radius 3 is 1.14 bits per heavy atom. The van der Waals surface area contributed by atoms with E-state index in [1.807, 2.05) is 159 Å². The van der Waals surface area contributed by atoms with Crippen molar-refractivity contribution in [3.63, 3.8) is 0 Å². The van der Waals surface area contributed by atoms with Crippen LogP contribution in [0.1, 0.15) is 139 Å². The first-order valence-corrected chi connectivity index (χ1v) is 40.2. The number of hydrogen-bond acceptors (Lipinski definition) is 19. The summed E-state index contributed by atoms with van der Waals surface area (Å²) in [5.74, 6) is -0.646. The molecule has 8 aliphatic rings. The summed E-state index contributed by atoms with van der Waals surface area (Å²) < 4.78 is 0.